The molecular formula is C49H74ClN9O13. The van der Waals surface area contributed by atoms with Gasteiger partial charge in [-0.1, -0.05) is 59.2 Å². The average Bonchev–Trinajstić information content (AvgIpc) is 3.80. The summed E-state index contributed by atoms with van der Waals surface area (Å²) in [5, 5.41) is 34.8. The summed E-state index contributed by atoms with van der Waals surface area (Å²) in [4.78, 5) is 143. The van der Waals surface area contributed by atoms with Crippen LogP contribution in [-0.2, 0) is 59.1 Å². The maximum absolute atomic E-state index is 14.9. The number of nitrogens with one attached hydrogen (secondary N) is 5. The molecular weight excluding hydrogens is 958 g/mol. The molecule has 0 radical (unpaired) electrons. The number of halogens is 1. The molecule has 400 valence electrons. The first-order chi connectivity index (χ1) is 33.7. The van der Waals surface area contributed by atoms with Gasteiger partial charge in [-0.2, -0.15) is 0 Å². The Kier molecular flexibility index (Phi) is 21.2. The van der Waals surface area contributed by atoms with E-state index in [1.54, 1.807) is 41.5 Å². The minimum Gasteiger partial charge on any atom is -0.506 e. The summed E-state index contributed by atoms with van der Waals surface area (Å²) in [7, 11) is 1.34. The van der Waals surface area contributed by atoms with Gasteiger partial charge in [0.2, 0.25) is 53.2 Å². The van der Waals surface area contributed by atoms with Gasteiger partial charge in [-0.15, -0.1) is 0 Å². The Balaban J connectivity index is 1.86. The number of rotatable bonds is 15. The van der Waals surface area contributed by atoms with Crippen LogP contribution < -0.4 is 32.3 Å². The molecule has 3 heterocycles. The van der Waals surface area contributed by atoms with Gasteiger partial charge in [0.25, 0.3) is 0 Å². The highest BCUT2D eigenvalue weighted by Gasteiger charge is 2.46. The van der Waals surface area contributed by atoms with Crippen molar-refractivity contribution in [3.8, 4) is 5.75 Å². The Morgan fingerprint density at radius 2 is 1.47 bits per heavy atom. The van der Waals surface area contributed by atoms with Crippen molar-refractivity contribution in [2.24, 2.45) is 23.5 Å². The molecule has 0 aliphatic carbocycles. The highest BCUT2D eigenvalue weighted by Crippen LogP contribution is 2.28. The van der Waals surface area contributed by atoms with Crippen LogP contribution in [0.3, 0.4) is 0 Å². The lowest BCUT2D eigenvalue weighted by atomic mass is 9.94. The van der Waals surface area contributed by atoms with Gasteiger partial charge in [-0.3, -0.25) is 43.2 Å². The van der Waals surface area contributed by atoms with E-state index in [2.05, 4.69) is 26.6 Å². The maximum atomic E-state index is 14.9. The standard InChI is InChI=1S/C49H74ClN9O13/c1-24(2)19-33-43(65)53-32-14-17-40(63)59(47(32)69)37(21-26(5)6)48(70)57(9)36(23-29-12-15-38(61)30(50)22-29)45(67)55-34(20-25(3)4)49(71)72-27(7)41(46(68)54-33)56-42(64)31(13-16-39(51)62)52-44(66)35-11-10-18-58(35)28(8)60/h12,15,22,24-27,31-37,40-41,61,63H,10-11,13-14,16-21,23H2,1-9H3,(H2,51,62)(H,52,66)(H,53,65)(H,54,68)(H,55,67)(H,56,64). The number of likely N-dealkylation sites (N-methyl/N-ethyl adjacent to an activating group) is 1. The number of nitrogens with zero attached hydrogens (tertiary/aromatic N) is 3. The number of nitrogens with two attached hydrogens (primary N) is 1. The third-order valence-electron chi connectivity index (χ3n) is 13.1. The second-order valence-electron chi connectivity index (χ2n) is 20.4. The number of esters is 1. The Bertz CT molecular complexity index is 2190. The Morgan fingerprint density at radius 1 is 0.847 bits per heavy atom. The van der Waals surface area contributed by atoms with Gasteiger partial charge in [0.15, 0.2) is 0 Å². The minimum atomic E-state index is -1.82. The first-order valence-corrected chi connectivity index (χ1v) is 25.1. The predicted molar refractivity (Wildman–Crippen MR) is 262 cm³/mol. The topological polar surface area (TPSA) is 316 Å². The van der Waals surface area contributed by atoms with Crippen LogP contribution in [0, 0.1) is 17.8 Å². The van der Waals surface area contributed by atoms with E-state index >= 15 is 0 Å². The lowest BCUT2D eigenvalue weighted by molar-refractivity contribution is -0.166. The van der Waals surface area contributed by atoms with Gasteiger partial charge < -0.3 is 62.0 Å². The maximum Gasteiger partial charge on any atom is 0.328 e. The van der Waals surface area contributed by atoms with E-state index in [4.69, 9.17) is 22.1 Å². The smallest absolute Gasteiger partial charge is 0.328 e. The number of aliphatic hydroxyl groups is 1. The second kappa shape index (κ2) is 26.1. The van der Waals surface area contributed by atoms with Gasteiger partial charge in [0.05, 0.1) is 5.02 Å². The molecule has 9 amide bonds. The van der Waals surface area contributed by atoms with Crippen LogP contribution in [0.1, 0.15) is 119 Å². The summed E-state index contributed by atoms with van der Waals surface area (Å²) in [6, 6.07) is -6.93. The van der Waals surface area contributed by atoms with Crippen LogP contribution in [0.5, 0.6) is 5.75 Å². The summed E-state index contributed by atoms with van der Waals surface area (Å²) in [6.45, 7) is 13.6. The van der Waals surface area contributed by atoms with Crippen molar-refractivity contribution in [2.45, 2.75) is 180 Å². The number of aromatic hydroxyl groups is 1. The van der Waals surface area contributed by atoms with Crippen LogP contribution in [0.2, 0.25) is 5.02 Å². The van der Waals surface area contributed by atoms with Crippen molar-refractivity contribution >= 4 is 70.7 Å². The van der Waals surface area contributed by atoms with Crippen LogP contribution in [0.25, 0.3) is 0 Å². The SMILES string of the molecule is CC(=O)N1CCCC1C(=O)NC(CCC(N)=O)C(=O)NC1C(=O)NC(CC(C)C)C(=O)NC2CCC(O)N(C2=O)C(CC(C)C)C(=O)N(C)C(Cc2ccc(O)c(Cl)c2)C(=O)NC(CC(C)C)C(=O)OC1C. The van der Waals surface area contributed by atoms with E-state index in [1.165, 1.54) is 44.0 Å². The minimum absolute atomic E-state index is 0.000367. The molecule has 0 spiro atoms. The van der Waals surface area contributed by atoms with Crippen LogP contribution in [0.15, 0.2) is 18.2 Å². The molecule has 9 N–H and O–H groups in total. The molecule has 22 nitrogen and oxygen atoms in total. The second-order valence-corrected chi connectivity index (χ2v) is 20.8. The number of likely N-dealkylation sites (tertiary alicyclic amines) is 1. The molecule has 1 aromatic carbocycles. The normalized spacial score (nSPS) is 26.5. The molecule has 10 unspecified atom stereocenters. The quantitative estimate of drug-likeness (QED) is 0.111. The third kappa shape index (κ3) is 15.7. The van der Waals surface area contributed by atoms with Crippen molar-refractivity contribution < 1.29 is 62.9 Å². The van der Waals surface area contributed by atoms with Crippen LogP contribution in [0.4, 0.5) is 0 Å². The molecule has 1 aromatic rings. The monoisotopic (exact) mass is 1030 g/mol. The predicted octanol–water partition coefficient (Wildman–Crippen LogP) is 0.509. The van der Waals surface area contributed by atoms with Gasteiger partial charge >= 0.3 is 5.97 Å². The van der Waals surface area contributed by atoms with Gasteiger partial charge in [0, 0.05) is 33.4 Å². The van der Waals surface area contributed by atoms with Gasteiger partial charge in [-0.05, 0) is 93.7 Å². The third-order valence-corrected chi connectivity index (χ3v) is 13.4. The number of aliphatic hydroxyl groups excluding tert-OH is 1. The number of carbonyl (C=O) groups is 10. The summed E-state index contributed by atoms with van der Waals surface area (Å²) < 4.78 is 5.92. The number of ether oxygens (including phenoxy) is 1. The fourth-order valence-corrected chi connectivity index (χ4v) is 9.49. The van der Waals surface area contributed by atoms with Crippen molar-refractivity contribution in [1.29, 1.82) is 0 Å². The molecule has 3 saturated heterocycles. The van der Waals surface area contributed by atoms with Crippen molar-refractivity contribution in [3.63, 3.8) is 0 Å². The van der Waals surface area contributed by atoms with Crippen LogP contribution in [-0.4, -0.2) is 158 Å². The van der Waals surface area contributed by atoms with E-state index in [0.29, 0.717) is 24.9 Å². The molecule has 3 aliphatic rings. The molecule has 10 atom stereocenters. The molecule has 4 rings (SSSR count). The number of phenols is 1. The number of amides is 9. The van der Waals surface area contributed by atoms with Gasteiger partial charge in [0.1, 0.15) is 66.4 Å². The Morgan fingerprint density at radius 3 is 2.07 bits per heavy atom. The Hall–Kier alpha value is -6.03. The first-order valence-electron chi connectivity index (χ1n) is 24.7. The molecule has 2 bridgehead atoms. The first kappa shape index (κ1) is 58.5. The highest BCUT2D eigenvalue weighted by atomic mass is 35.5. The molecule has 72 heavy (non-hydrogen) atoms. The lowest BCUT2D eigenvalue weighted by Gasteiger charge is -2.43. The van der Waals surface area contributed by atoms with Crippen molar-refractivity contribution in [3.05, 3.63) is 28.8 Å². The number of fused-ring (bicyclic) bond motifs is 2. The van der Waals surface area contributed by atoms with E-state index in [1.807, 2.05) is 0 Å². The van der Waals surface area contributed by atoms with E-state index in [0.717, 1.165) is 9.80 Å². The fourth-order valence-electron chi connectivity index (χ4n) is 9.29. The number of benzene rings is 1. The Labute approximate surface area is 425 Å². The van der Waals surface area contributed by atoms with Crippen LogP contribution >= 0.6 is 11.6 Å². The zero-order valence-corrected chi connectivity index (χ0v) is 43.5. The number of carbonyl (C=O) groups excluding carboxylic acids is 10. The summed E-state index contributed by atoms with van der Waals surface area (Å²) in [5.41, 5.74) is 5.84. The largest absolute Gasteiger partial charge is 0.506 e. The average molecular weight is 1030 g/mol. The molecule has 0 saturated carbocycles. The fraction of sp³-hybridized carbons (Fsp3) is 0.673. The number of phenolic OH excluding ortho intramolecular Hbond substituents is 1. The number of hydrogen-bond donors (Lipinski definition) is 8. The molecule has 3 aliphatic heterocycles. The molecule has 23 heteroatoms. The van der Waals surface area contributed by atoms with E-state index < -0.39 is 114 Å². The number of hydrogen-bond acceptors (Lipinski definition) is 13. The number of cyclic esters (lactones) is 1. The van der Waals surface area contributed by atoms with Crippen molar-refractivity contribution in [2.75, 3.05) is 13.6 Å². The number of primary amides is 1. The zero-order chi connectivity index (χ0) is 53.9. The number of piperidine rings is 1. The molecule has 0 aromatic heterocycles. The highest BCUT2D eigenvalue weighted by molar-refractivity contribution is 6.32. The lowest BCUT2D eigenvalue weighted by Crippen LogP contribution is -2.65. The zero-order valence-electron chi connectivity index (χ0n) is 42.7. The van der Waals surface area contributed by atoms with Crippen molar-refractivity contribution in [1.82, 2.24) is 41.3 Å². The van der Waals surface area contributed by atoms with E-state index in [-0.39, 0.29) is 85.8 Å². The molecule has 3 fully saturated rings. The van der Waals surface area contributed by atoms with Gasteiger partial charge in [-0.25, -0.2) is 4.79 Å². The summed E-state index contributed by atoms with van der Waals surface area (Å²) in [5.74, 6) is -9.18. The summed E-state index contributed by atoms with van der Waals surface area (Å²) >= 11 is 6.27. The summed E-state index contributed by atoms with van der Waals surface area (Å²) in [6.07, 6.45) is -3.31. The van der Waals surface area contributed by atoms with E-state index in [9.17, 15) is 58.2 Å².